The van der Waals surface area contributed by atoms with Crippen molar-refractivity contribution in [2.24, 2.45) is 12.0 Å². The van der Waals surface area contributed by atoms with E-state index in [1.54, 1.807) is 13.4 Å². The molecule has 0 spiro atoms. The zero-order chi connectivity index (χ0) is 16.1. The molecule has 1 aromatic heterocycles. The lowest BCUT2D eigenvalue weighted by Crippen LogP contribution is -2.41. The van der Waals surface area contributed by atoms with Crippen LogP contribution in [-0.4, -0.2) is 39.1 Å². The van der Waals surface area contributed by atoms with Gasteiger partial charge in [-0.15, -0.1) is 45.9 Å². The van der Waals surface area contributed by atoms with Gasteiger partial charge in [0.25, 0.3) is 0 Å². The van der Waals surface area contributed by atoms with Crippen LogP contribution in [0, 0.1) is 0 Å². The highest BCUT2D eigenvalue weighted by Gasteiger charge is 2.43. The molecule has 0 saturated heterocycles. The first kappa shape index (κ1) is 19.0. The molecule has 0 radical (unpaired) electrons. The van der Waals surface area contributed by atoms with Crippen LogP contribution in [0.5, 0.6) is 0 Å². The maximum Gasteiger partial charge on any atom is 0.191 e. The number of rotatable bonds is 6. The Balaban J connectivity index is 0.00000208. The molecule has 8 heteroatoms. The largest absolute Gasteiger partial charge is 0.355 e. The van der Waals surface area contributed by atoms with E-state index in [2.05, 4.69) is 56.2 Å². The van der Waals surface area contributed by atoms with Crippen molar-refractivity contribution in [3.63, 3.8) is 0 Å². The van der Waals surface area contributed by atoms with E-state index >= 15 is 0 Å². The molecule has 130 valence electrons. The van der Waals surface area contributed by atoms with Gasteiger partial charge in [-0.05, 0) is 25.0 Å². The van der Waals surface area contributed by atoms with Crippen molar-refractivity contribution >= 4 is 41.7 Å². The summed E-state index contributed by atoms with van der Waals surface area (Å²) in [5, 5.41) is 14.7. The molecular weight excluding hydrogens is 435 g/mol. The molecule has 1 saturated carbocycles. The van der Waals surface area contributed by atoms with Gasteiger partial charge in [0, 0.05) is 30.3 Å². The first-order valence-electron chi connectivity index (χ1n) is 7.72. The summed E-state index contributed by atoms with van der Waals surface area (Å²) in [6.45, 7) is 1.51. The van der Waals surface area contributed by atoms with E-state index < -0.39 is 0 Å². The Bertz CT molecular complexity index is 668. The van der Waals surface area contributed by atoms with Crippen LogP contribution in [0.4, 0.5) is 0 Å². The minimum atomic E-state index is 0. The molecule has 1 heterocycles. The minimum absolute atomic E-state index is 0. The van der Waals surface area contributed by atoms with Crippen molar-refractivity contribution in [1.82, 2.24) is 25.4 Å². The van der Waals surface area contributed by atoms with Crippen molar-refractivity contribution < 1.29 is 0 Å². The Kier molecular flexibility index (Phi) is 6.90. The number of aliphatic imine (C=N–C) groups is 1. The summed E-state index contributed by atoms with van der Waals surface area (Å²) >= 11 is 1.96. The van der Waals surface area contributed by atoms with Crippen molar-refractivity contribution in [3.05, 3.63) is 42.5 Å². The fourth-order valence-electron chi connectivity index (χ4n) is 2.29. The Morgan fingerprint density at radius 3 is 2.62 bits per heavy atom. The minimum Gasteiger partial charge on any atom is -0.355 e. The van der Waals surface area contributed by atoms with Crippen LogP contribution < -0.4 is 10.6 Å². The summed E-state index contributed by atoms with van der Waals surface area (Å²) in [5.74, 6) is 1.68. The Labute approximate surface area is 163 Å². The van der Waals surface area contributed by atoms with Crippen molar-refractivity contribution in [2.45, 2.75) is 29.0 Å². The van der Waals surface area contributed by atoms with Crippen LogP contribution in [0.25, 0.3) is 0 Å². The standard InChI is InChI=1S/C16H22N6S.HI/c1-17-15(18-10-14-21-20-12-22(14)2)19-11-16(8-9-16)23-13-6-4-3-5-7-13;/h3-7,12H,8-11H2,1-2H3,(H2,17,18,19);1H. The average molecular weight is 458 g/mol. The van der Waals surface area contributed by atoms with E-state index in [1.165, 1.54) is 17.7 Å². The van der Waals surface area contributed by atoms with Gasteiger partial charge in [-0.25, -0.2) is 0 Å². The first-order valence-corrected chi connectivity index (χ1v) is 8.54. The van der Waals surface area contributed by atoms with Crippen LogP contribution in [0.2, 0.25) is 0 Å². The lowest BCUT2D eigenvalue weighted by molar-refractivity contribution is 0.716. The highest BCUT2D eigenvalue weighted by molar-refractivity contribution is 14.0. The predicted molar refractivity (Wildman–Crippen MR) is 109 cm³/mol. The number of benzene rings is 1. The third-order valence-electron chi connectivity index (χ3n) is 3.91. The Morgan fingerprint density at radius 1 is 1.29 bits per heavy atom. The van der Waals surface area contributed by atoms with Crippen molar-refractivity contribution in [1.29, 1.82) is 0 Å². The van der Waals surface area contributed by atoms with Crippen LogP contribution in [0.3, 0.4) is 0 Å². The van der Waals surface area contributed by atoms with Crippen LogP contribution in [0.1, 0.15) is 18.7 Å². The number of aromatic nitrogens is 3. The molecule has 1 fully saturated rings. The van der Waals surface area contributed by atoms with Gasteiger partial charge in [-0.3, -0.25) is 4.99 Å². The number of nitrogens with one attached hydrogen (secondary N) is 2. The molecule has 1 aromatic carbocycles. The average Bonchev–Trinajstić information content (AvgIpc) is 3.21. The summed E-state index contributed by atoms with van der Waals surface area (Å²) in [5.41, 5.74) is 0. The molecule has 2 N–H and O–H groups in total. The normalized spacial score (nSPS) is 15.5. The molecule has 0 amide bonds. The number of hydrogen-bond acceptors (Lipinski definition) is 4. The first-order chi connectivity index (χ1) is 11.2. The van der Waals surface area contributed by atoms with E-state index in [9.17, 15) is 0 Å². The van der Waals surface area contributed by atoms with Gasteiger partial charge >= 0.3 is 0 Å². The number of hydrogen-bond donors (Lipinski definition) is 2. The smallest absolute Gasteiger partial charge is 0.191 e. The number of nitrogens with zero attached hydrogens (tertiary/aromatic N) is 4. The summed E-state index contributed by atoms with van der Waals surface area (Å²) in [6.07, 6.45) is 4.17. The summed E-state index contributed by atoms with van der Waals surface area (Å²) in [4.78, 5) is 5.61. The van der Waals surface area contributed by atoms with E-state index in [1.807, 2.05) is 23.4 Å². The highest BCUT2D eigenvalue weighted by atomic mass is 127. The van der Waals surface area contributed by atoms with Gasteiger partial charge < -0.3 is 15.2 Å². The van der Waals surface area contributed by atoms with E-state index in [0.29, 0.717) is 11.3 Å². The van der Waals surface area contributed by atoms with Crippen molar-refractivity contribution in [3.8, 4) is 0 Å². The molecule has 24 heavy (non-hydrogen) atoms. The maximum atomic E-state index is 4.28. The molecule has 1 aliphatic rings. The SMILES string of the molecule is CN=C(NCc1nncn1C)NCC1(Sc2ccccc2)CC1.I. The molecule has 0 unspecified atom stereocenters. The number of guanidine groups is 1. The Hall–Kier alpha value is -1.29. The van der Waals surface area contributed by atoms with Gasteiger partial charge in [-0.2, -0.15) is 0 Å². The zero-order valence-corrected chi connectivity index (χ0v) is 17.0. The van der Waals surface area contributed by atoms with Gasteiger partial charge in [-0.1, -0.05) is 18.2 Å². The number of aryl methyl sites for hydroxylation is 1. The lowest BCUT2D eigenvalue weighted by atomic mass is 10.4. The van der Waals surface area contributed by atoms with Gasteiger partial charge in [0.1, 0.15) is 6.33 Å². The van der Waals surface area contributed by atoms with E-state index in [-0.39, 0.29) is 24.0 Å². The molecule has 0 bridgehead atoms. The van der Waals surface area contributed by atoms with Crippen molar-refractivity contribution in [2.75, 3.05) is 13.6 Å². The number of halogens is 1. The summed E-state index contributed by atoms with van der Waals surface area (Å²) < 4.78 is 2.19. The van der Waals surface area contributed by atoms with Crippen LogP contribution in [-0.2, 0) is 13.6 Å². The van der Waals surface area contributed by atoms with Gasteiger partial charge in [0.15, 0.2) is 11.8 Å². The monoisotopic (exact) mass is 458 g/mol. The second-order valence-electron chi connectivity index (χ2n) is 5.74. The van der Waals surface area contributed by atoms with Crippen LogP contribution >= 0.6 is 35.7 Å². The topological polar surface area (TPSA) is 67.1 Å². The maximum absolute atomic E-state index is 4.28. The summed E-state index contributed by atoms with van der Waals surface area (Å²) in [6, 6.07) is 10.6. The van der Waals surface area contributed by atoms with Gasteiger partial charge in [0.05, 0.1) is 6.54 Å². The molecule has 1 aliphatic carbocycles. The van der Waals surface area contributed by atoms with E-state index in [0.717, 1.165) is 18.3 Å². The van der Waals surface area contributed by atoms with Crippen LogP contribution in [0.15, 0.2) is 46.5 Å². The fraction of sp³-hybridized carbons (Fsp3) is 0.438. The molecule has 6 nitrogen and oxygen atoms in total. The number of thioether (sulfide) groups is 1. The molecule has 2 aromatic rings. The molecule has 0 aliphatic heterocycles. The second-order valence-corrected chi connectivity index (χ2v) is 7.28. The highest BCUT2D eigenvalue weighted by Crippen LogP contribution is 2.51. The quantitative estimate of drug-likeness (QED) is 0.396. The molecular formula is C16H23IN6S. The van der Waals surface area contributed by atoms with E-state index in [4.69, 9.17) is 0 Å². The third-order valence-corrected chi connectivity index (χ3v) is 5.40. The fourth-order valence-corrected chi connectivity index (χ4v) is 3.53. The Morgan fingerprint density at radius 2 is 2.04 bits per heavy atom. The molecule has 3 rings (SSSR count). The van der Waals surface area contributed by atoms with Gasteiger partial charge in [0.2, 0.25) is 0 Å². The lowest BCUT2D eigenvalue weighted by Gasteiger charge is -2.18. The zero-order valence-electron chi connectivity index (χ0n) is 13.9. The second kappa shape index (κ2) is 8.70. The summed E-state index contributed by atoms with van der Waals surface area (Å²) in [7, 11) is 3.72. The predicted octanol–water partition coefficient (Wildman–Crippen LogP) is 2.42. The third kappa shape index (κ3) is 5.10. The molecule has 0 atom stereocenters.